The number of terminal acetylenes is 1. The largest absolute Gasteiger partial charge is 0.508 e. The van der Waals surface area contributed by atoms with E-state index in [4.69, 9.17) is 20.9 Å². The molecule has 0 bridgehead atoms. The molecular weight excluding hydrogens is 650 g/mol. The Hall–Kier alpha value is -4.21. The Labute approximate surface area is 287 Å². The number of anilines is 1. The van der Waals surface area contributed by atoms with Crippen molar-refractivity contribution in [1.29, 1.82) is 0 Å². The van der Waals surface area contributed by atoms with E-state index in [1.165, 1.54) is 30.5 Å². The Morgan fingerprint density at radius 2 is 1.90 bits per heavy atom. The highest BCUT2D eigenvalue weighted by Crippen LogP contribution is 2.57. The fraction of sp³-hybridized carbons (Fsp3) is 0.500. The number of likely N-dealkylation sites (tertiary alicyclic amines) is 1. The van der Waals surface area contributed by atoms with Gasteiger partial charge in [0.25, 0.3) is 5.92 Å². The van der Waals surface area contributed by atoms with Gasteiger partial charge in [-0.05, 0) is 62.2 Å². The maximum Gasteiger partial charge on any atom is 0.319 e. The van der Waals surface area contributed by atoms with Crippen LogP contribution < -0.4 is 9.64 Å². The predicted molar refractivity (Wildman–Crippen MR) is 181 cm³/mol. The monoisotopic (exact) mass is 689 g/mol. The number of aromatic nitrogens is 3. The van der Waals surface area contributed by atoms with Gasteiger partial charge in [-0.15, -0.1) is 6.42 Å². The third kappa shape index (κ3) is 5.50. The normalized spacial score (nSPS) is 26.5. The van der Waals surface area contributed by atoms with E-state index in [9.17, 15) is 18.3 Å². The molecule has 4 atom stereocenters. The molecule has 1 N–H and O–H groups in total. The van der Waals surface area contributed by atoms with Crippen molar-refractivity contribution in [3.05, 3.63) is 47.7 Å². The minimum absolute atomic E-state index is 0.00402. The van der Waals surface area contributed by atoms with Crippen molar-refractivity contribution in [2.24, 2.45) is 17.3 Å². The Balaban J connectivity index is 1.19. The molecule has 0 radical (unpaired) electrons. The molecule has 2 aromatic heterocycles. The number of phenolic OH excluding ortho intramolecular Hbond substituents is 1. The number of benzene rings is 2. The summed E-state index contributed by atoms with van der Waals surface area (Å²) in [5.41, 5.74) is -0.380. The topological polar surface area (TPSA) is 83.8 Å². The van der Waals surface area contributed by atoms with Crippen LogP contribution in [0.5, 0.6) is 11.8 Å². The lowest BCUT2D eigenvalue weighted by Gasteiger charge is -2.46. The lowest BCUT2D eigenvalue weighted by molar-refractivity contribution is -0.0102. The fourth-order valence-corrected chi connectivity index (χ4v) is 8.76. The van der Waals surface area contributed by atoms with Crippen molar-refractivity contribution >= 4 is 27.5 Å². The van der Waals surface area contributed by atoms with Crippen LogP contribution in [0.1, 0.15) is 51.0 Å². The van der Waals surface area contributed by atoms with Gasteiger partial charge in [0.05, 0.1) is 24.2 Å². The summed E-state index contributed by atoms with van der Waals surface area (Å²) in [5.74, 6) is -2.60. The second kappa shape index (κ2) is 12.5. The average molecular weight is 690 g/mol. The second-order valence-corrected chi connectivity index (χ2v) is 14.4. The lowest BCUT2D eigenvalue weighted by Crippen LogP contribution is -2.52. The first-order valence-corrected chi connectivity index (χ1v) is 17.5. The molecule has 8 nitrogen and oxygen atoms in total. The van der Waals surface area contributed by atoms with Gasteiger partial charge in [-0.1, -0.05) is 25.3 Å². The molecule has 4 aliphatic rings. The van der Waals surface area contributed by atoms with Crippen LogP contribution >= 0.6 is 0 Å². The Kier molecular flexibility index (Phi) is 8.26. The molecule has 4 fully saturated rings. The fourth-order valence-electron chi connectivity index (χ4n) is 8.76. The number of aromatic hydroxyl groups is 1. The van der Waals surface area contributed by atoms with E-state index < -0.39 is 29.4 Å². The summed E-state index contributed by atoms with van der Waals surface area (Å²) in [7, 11) is 0. The number of phenols is 1. The van der Waals surface area contributed by atoms with Crippen molar-refractivity contribution < 1.29 is 32.1 Å². The van der Waals surface area contributed by atoms with Gasteiger partial charge >= 0.3 is 6.01 Å². The minimum atomic E-state index is -2.61. The van der Waals surface area contributed by atoms with E-state index in [2.05, 4.69) is 20.8 Å². The van der Waals surface area contributed by atoms with Crippen molar-refractivity contribution in [2.75, 3.05) is 50.9 Å². The number of hydrogen-bond acceptors (Lipinski definition) is 8. The number of fused-ring (bicyclic) bond motifs is 3. The van der Waals surface area contributed by atoms with Crippen LogP contribution in [-0.2, 0) is 4.74 Å². The zero-order chi connectivity index (χ0) is 34.8. The smallest absolute Gasteiger partial charge is 0.319 e. The molecule has 8 rings (SSSR count). The molecule has 4 unspecified atom stereocenters. The number of piperidine rings is 1. The van der Waals surface area contributed by atoms with Gasteiger partial charge in [-0.2, -0.15) is 9.97 Å². The van der Waals surface area contributed by atoms with Crippen LogP contribution in [0.25, 0.3) is 32.9 Å². The molecule has 0 spiro atoms. The Morgan fingerprint density at radius 3 is 2.70 bits per heavy atom. The zero-order valence-electron chi connectivity index (χ0n) is 27.9. The maximum atomic E-state index is 16.9. The number of alkyl halides is 2. The number of ether oxygens (including phenoxy) is 2. The number of nitrogens with zero attached hydrogens (tertiary/aromatic N) is 5. The number of pyridine rings is 1. The van der Waals surface area contributed by atoms with Gasteiger partial charge in [0.15, 0.2) is 5.82 Å². The molecule has 2 aromatic carbocycles. The predicted octanol–water partition coefficient (Wildman–Crippen LogP) is 6.95. The van der Waals surface area contributed by atoms with E-state index in [0.717, 1.165) is 45.1 Å². The van der Waals surface area contributed by atoms with Gasteiger partial charge in [-0.25, -0.2) is 17.6 Å². The van der Waals surface area contributed by atoms with E-state index in [1.807, 2.05) is 4.90 Å². The zero-order valence-corrected chi connectivity index (χ0v) is 27.9. The number of halogens is 4. The Morgan fingerprint density at radius 1 is 1.08 bits per heavy atom. The summed E-state index contributed by atoms with van der Waals surface area (Å²) in [6.45, 7) is 5.25. The van der Waals surface area contributed by atoms with Crippen molar-refractivity contribution in [1.82, 2.24) is 19.9 Å². The summed E-state index contributed by atoms with van der Waals surface area (Å²) in [5, 5.41) is 11.6. The Bertz CT molecular complexity index is 2010. The van der Waals surface area contributed by atoms with Crippen LogP contribution in [-0.4, -0.2) is 82.9 Å². The quantitative estimate of drug-likeness (QED) is 0.165. The standard InChI is InChI=1S/C38H39F4N5O3/c1-3-25-29(39)9-8-23-17-24(48)18-26(31(23)25)33-32(40)34-27(19-43-33)35(46-13-6-15-49-16-14-46)45-36(44-34)50-21-37-10-4-7-30(37)47(12-5-11-37)20-28-22(2)38(28,41)42/h1,8-9,17-19,22,28,30,48H,4-7,10-16,20-21H2,2H3. The van der Waals surface area contributed by atoms with Crippen LogP contribution in [0.3, 0.4) is 0 Å². The summed E-state index contributed by atoms with van der Waals surface area (Å²) in [6, 6.07) is 5.55. The average Bonchev–Trinajstić information content (AvgIpc) is 3.44. The lowest BCUT2D eigenvalue weighted by atomic mass is 9.75. The first-order chi connectivity index (χ1) is 24.1. The van der Waals surface area contributed by atoms with Gasteiger partial charge in [0, 0.05) is 66.7 Å². The van der Waals surface area contributed by atoms with E-state index >= 15 is 4.39 Å². The molecular formula is C38H39F4N5O3. The molecule has 2 saturated heterocycles. The first-order valence-electron chi connectivity index (χ1n) is 17.5. The summed E-state index contributed by atoms with van der Waals surface area (Å²) >= 11 is 0. The number of hydrogen-bond donors (Lipinski definition) is 1. The molecule has 262 valence electrons. The van der Waals surface area contributed by atoms with E-state index in [1.54, 1.807) is 6.92 Å². The SMILES string of the molecule is C#Cc1c(F)ccc2cc(O)cc(-c3ncc4c(N5CCCOCC5)nc(OCC56CCCC5N(CC5C(C)C5(F)F)CCC6)nc4c3F)c12. The number of rotatable bonds is 7. The molecule has 4 heterocycles. The highest BCUT2D eigenvalue weighted by atomic mass is 19.3. The highest BCUT2D eigenvalue weighted by molar-refractivity contribution is 6.03. The van der Waals surface area contributed by atoms with Crippen LogP contribution in [0.15, 0.2) is 30.5 Å². The summed E-state index contributed by atoms with van der Waals surface area (Å²) in [6.07, 6.45) is 12.5. The van der Waals surface area contributed by atoms with Crippen molar-refractivity contribution in [2.45, 2.75) is 57.4 Å². The molecule has 4 aromatic rings. The third-order valence-electron chi connectivity index (χ3n) is 11.6. The third-order valence-corrected chi connectivity index (χ3v) is 11.6. The van der Waals surface area contributed by atoms with Crippen molar-refractivity contribution in [3.63, 3.8) is 0 Å². The maximum absolute atomic E-state index is 16.9. The first kappa shape index (κ1) is 33.0. The van der Waals surface area contributed by atoms with Gasteiger partial charge in [0.2, 0.25) is 0 Å². The molecule has 2 saturated carbocycles. The second-order valence-electron chi connectivity index (χ2n) is 14.4. The van der Waals surface area contributed by atoms with E-state index in [0.29, 0.717) is 49.4 Å². The summed E-state index contributed by atoms with van der Waals surface area (Å²) in [4.78, 5) is 18.2. The molecule has 2 aliphatic heterocycles. The van der Waals surface area contributed by atoms with Gasteiger partial charge in [0.1, 0.15) is 28.6 Å². The molecule has 50 heavy (non-hydrogen) atoms. The minimum Gasteiger partial charge on any atom is -0.508 e. The molecule has 2 aliphatic carbocycles. The molecule has 12 heteroatoms. The highest BCUT2D eigenvalue weighted by Gasteiger charge is 2.66. The van der Waals surface area contributed by atoms with E-state index in [-0.39, 0.29) is 57.5 Å². The van der Waals surface area contributed by atoms with Crippen LogP contribution in [0.4, 0.5) is 23.4 Å². The van der Waals surface area contributed by atoms with Gasteiger partial charge in [-0.3, -0.25) is 9.88 Å². The van der Waals surface area contributed by atoms with Gasteiger partial charge < -0.3 is 19.5 Å². The summed E-state index contributed by atoms with van der Waals surface area (Å²) < 4.78 is 72.4. The molecule has 0 amide bonds. The van der Waals surface area contributed by atoms with Crippen molar-refractivity contribution in [3.8, 4) is 35.4 Å². The van der Waals surface area contributed by atoms with Crippen LogP contribution in [0, 0.1) is 41.2 Å². The van der Waals surface area contributed by atoms with Crippen LogP contribution in [0.2, 0.25) is 0 Å².